The molecule has 1 aromatic heterocycles. The van der Waals surface area contributed by atoms with Crippen LogP contribution in [-0.4, -0.2) is 51.4 Å². The fourth-order valence-electron chi connectivity index (χ4n) is 3.29. The van der Waals surface area contributed by atoms with Crippen LogP contribution in [0.25, 0.3) is 0 Å². The number of rotatable bonds is 8. The van der Waals surface area contributed by atoms with Crippen LogP contribution in [0.3, 0.4) is 0 Å². The molecular weight excluding hydrogens is 505 g/mol. The summed E-state index contributed by atoms with van der Waals surface area (Å²) in [5.74, 6) is 2.55. The van der Waals surface area contributed by atoms with Gasteiger partial charge in [0.25, 0.3) is 0 Å². The molecule has 0 aliphatic carbocycles. The number of aliphatic imine (C=N–C) groups is 1. The molecule has 1 saturated heterocycles. The zero-order valence-electron chi connectivity index (χ0n) is 18.9. The van der Waals surface area contributed by atoms with E-state index >= 15 is 0 Å². The Kier molecular flexibility index (Phi) is 10.3. The summed E-state index contributed by atoms with van der Waals surface area (Å²) in [6, 6.07) is 12.3. The number of aromatic nitrogens is 1. The molecular formula is C23H34IN5O2. The van der Waals surface area contributed by atoms with Crippen molar-refractivity contribution in [3.63, 3.8) is 0 Å². The van der Waals surface area contributed by atoms with Gasteiger partial charge in [0, 0.05) is 39.9 Å². The van der Waals surface area contributed by atoms with Gasteiger partial charge in [0.2, 0.25) is 0 Å². The summed E-state index contributed by atoms with van der Waals surface area (Å²) in [6.45, 7) is 4.72. The summed E-state index contributed by atoms with van der Waals surface area (Å²) >= 11 is 0. The van der Waals surface area contributed by atoms with Gasteiger partial charge in [-0.05, 0) is 43.5 Å². The zero-order valence-corrected chi connectivity index (χ0v) is 21.2. The second-order valence-electron chi connectivity index (χ2n) is 7.72. The van der Waals surface area contributed by atoms with Crippen LogP contribution in [0.15, 0.2) is 41.4 Å². The van der Waals surface area contributed by atoms with Crippen molar-refractivity contribution in [1.82, 2.24) is 15.6 Å². The summed E-state index contributed by atoms with van der Waals surface area (Å²) in [6.07, 6.45) is 2.38. The van der Waals surface area contributed by atoms with E-state index in [0.717, 1.165) is 48.2 Å². The van der Waals surface area contributed by atoms with Crippen molar-refractivity contribution in [2.45, 2.75) is 39.0 Å². The quantitative estimate of drug-likeness (QED) is 0.304. The molecule has 1 atom stereocenters. The standard InChI is InChI=1S/C23H33N5O2.HI/c1-17-10-11-18(21(13-17)30-16-20-8-6-12-29-20)14-25-23(24-2)26-15-19-7-5-9-22(27-19)28(3)4;/h5,7,9-11,13,20H,6,8,12,14-16H2,1-4H3,(H2,24,25,26);1H. The first-order valence-electron chi connectivity index (χ1n) is 10.5. The number of nitrogens with zero attached hydrogens (tertiary/aromatic N) is 3. The molecule has 0 saturated carbocycles. The monoisotopic (exact) mass is 539 g/mol. The lowest BCUT2D eigenvalue weighted by Crippen LogP contribution is -2.36. The average Bonchev–Trinajstić information content (AvgIpc) is 3.27. The van der Waals surface area contributed by atoms with E-state index in [2.05, 4.69) is 45.7 Å². The molecule has 31 heavy (non-hydrogen) atoms. The van der Waals surface area contributed by atoms with Gasteiger partial charge in [0.15, 0.2) is 5.96 Å². The number of hydrogen-bond donors (Lipinski definition) is 2. The molecule has 0 spiro atoms. The molecule has 1 aromatic carbocycles. The summed E-state index contributed by atoms with van der Waals surface area (Å²) in [4.78, 5) is 11.0. The van der Waals surface area contributed by atoms with Crippen LogP contribution in [0, 0.1) is 6.92 Å². The second kappa shape index (κ2) is 12.7. The maximum absolute atomic E-state index is 6.09. The van der Waals surface area contributed by atoms with Crippen molar-refractivity contribution in [1.29, 1.82) is 0 Å². The van der Waals surface area contributed by atoms with Gasteiger partial charge >= 0.3 is 0 Å². The minimum Gasteiger partial charge on any atom is -0.491 e. The Hall–Kier alpha value is -2.07. The van der Waals surface area contributed by atoms with Gasteiger partial charge < -0.3 is 25.0 Å². The Balaban J connectivity index is 0.00000341. The van der Waals surface area contributed by atoms with Gasteiger partial charge in [-0.2, -0.15) is 0 Å². The molecule has 2 heterocycles. The van der Waals surface area contributed by atoms with Crippen LogP contribution in [-0.2, 0) is 17.8 Å². The summed E-state index contributed by atoms with van der Waals surface area (Å²) < 4.78 is 11.8. The lowest BCUT2D eigenvalue weighted by Gasteiger charge is -2.17. The number of halogens is 1. The first-order valence-corrected chi connectivity index (χ1v) is 10.5. The fraction of sp³-hybridized carbons (Fsp3) is 0.478. The molecule has 0 amide bonds. The molecule has 2 aromatic rings. The van der Waals surface area contributed by atoms with E-state index < -0.39 is 0 Å². The van der Waals surface area contributed by atoms with Gasteiger partial charge in [-0.15, -0.1) is 24.0 Å². The molecule has 0 radical (unpaired) electrons. The van der Waals surface area contributed by atoms with Gasteiger partial charge in [-0.3, -0.25) is 4.99 Å². The maximum atomic E-state index is 6.09. The molecule has 2 N–H and O–H groups in total. The minimum atomic E-state index is 0. The van der Waals surface area contributed by atoms with Crippen molar-refractivity contribution in [3.8, 4) is 5.75 Å². The number of hydrogen-bond acceptors (Lipinski definition) is 5. The number of nitrogens with one attached hydrogen (secondary N) is 2. The molecule has 3 rings (SSSR count). The molecule has 7 nitrogen and oxygen atoms in total. The van der Waals surface area contributed by atoms with Crippen LogP contribution >= 0.6 is 24.0 Å². The van der Waals surface area contributed by atoms with E-state index in [9.17, 15) is 0 Å². The lowest BCUT2D eigenvalue weighted by atomic mass is 10.1. The lowest BCUT2D eigenvalue weighted by molar-refractivity contribution is 0.0676. The molecule has 1 unspecified atom stereocenters. The maximum Gasteiger partial charge on any atom is 0.191 e. The van der Waals surface area contributed by atoms with Crippen LogP contribution in [0.2, 0.25) is 0 Å². The Morgan fingerprint density at radius 3 is 2.74 bits per heavy atom. The van der Waals surface area contributed by atoms with Crippen LogP contribution in [0.1, 0.15) is 29.7 Å². The van der Waals surface area contributed by atoms with Crippen molar-refractivity contribution >= 4 is 35.8 Å². The van der Waals surface area contributed by atoms with Crippen LogP contribution < -0.4 is 20.3 Å². The van der Waals surface area contributed by atoms with E-state index in [4.69, 9.17) is 9.47 Å². The number of pyridine rings is 1. The zero-order chi connectivity index (χ0) is 21.3. The number of ether oxygens (including phenoxy) is 2. The Labute approximate surface area is 202 Å². The van der Waals surface area contributed by atoms with Crippen molar-refractivity contribution < 1.29 is 9.47 Å². The second-order valence-corrected chi connectivity index (χ2v) is 7.72. The van der Waals surface area contributed by atoms with Gasteiger partial charge in [-0.1, -0.05) is 18.2 Å². The van der Waals surface area contributed by atoms with E-state index in [-0.39, 0.29) is 30.1 Å². The van der Waals surface area contributed by atoms with E-state index in [0.29, 0.717) is 19.7 Å². The number of aryl methyl sites for hydroxylation is 1. The van der Waals surface area contributed by atoms with Crippen molar-refractivity contribution in [2.24, 2.45) is 4.99 Å². The van der Waals surface area contributed by atoms with Gasteiger partial charge in [0.1, 0.15) is 18.2 Å². The highest BCUT2D eigenvalue weighted by atomic mass is 127. The minimum absolute atomic E-state index is 0. The molecule has 1 aliphatic rings. The van der Waals surface area contributed by atoms with Crippen LogP contribution in [0.4, 0.5) is 5.82 Å². The Morgan fingerprint density at radius 2 is 2.03 bits per heavy atom. The highest BCUT2D eigenvalue weighted by Crippen LogP contribution is 2.22. The van der Waals surface area contributed by atoms with Gasteiger partial charge in [0.05, 0.1) is 18.3 Å². The first-order chi connectivity index (χ1) is 14.5. The Morgan fingerprint density at radius 1 is 1.23 bits per heavy atom. The SMILES string of the molecule is CN=C(NCc1cccc(N(C)C)n1)NCc1ccc(C)cc1OCC1CCCO1.I. The third-order valence-corrected chi connectivity index (χ3v) is 5.03. The molecule has 0 bridgehead atoms. The first kappa shape index (κ1) is 25.2. The molecule has 1 fully saturated rings. The summed E-state index contributed by atoms with van der Waals surface area (Å²) in [7, 11) is 5.74. The topological polar surface area (TPSA) is 71.0 Å². The average molecular weight is 539 g/mol. The number of anilines is 1. The Bertz CT molecular complexity index is 854. The normalized spacial score (nSPS) is 15.9. The molecule has 8 heteroatoms. The van der Waals surface area contributed by atoms with E-state index in [1.54, 1.807) is 7.05 Å². The summed E-state index contributed by atoms with van der Waals surface area (Å²) in [5, 5.41) is 6.70. The van der Waals surface area contributed by atoms with Gasteiger partial charge in [-0.25, -0.2) is 4.98 Å². The summed E-state index contributed by atoms with van der Waals surface area (Å²) in [5.41, 5.74) is 3.23. The van der Waals surface area contributed by atoms with E-state index in [1.807, 2.05) is 37.2 Å². The third-order valence-electron chi connectivity index (χ3n) is 5.03. The predicted molar refractivity (Wildman–Crippen MR) is 137 cm³/mol. The van der Waals surface area contributed by atoms with E-state index in [1.165, 1.54) is 5.56 Å². The smallest absolute Gasteiger partial charge is 0.191 e. The molecule has 170 valence electrons. The number of benzene rings is 1. The number of guanidine groups is 1. The largest absolute Gasteiger partial charge is 0.491 e. The fourth-order valence-corrected chi connectivity index (χ4v) is 3.29. The van der Waals surface area contributed by atoms with Crippen LogP contribution in [0.5, 0.6) is 5.75 Å². The highest BCUT2D eigenvalue weighted by molar-refractivity contribution is 14.0. The predicted octanol–water partition coefficient (Wildman–Crippen LogP) is 3.50. The molecule has 1 aliphatic heterocycles. The third kappa shape index (κ3) is 7.84. The highest BCUT2D eigenvalue weighted by Gasteiger charge is 2.17. The van der Waals surface area contributed by atoms with Crippen molar-refractivity contribution in [2.75, 3.05) is 39.3 Å². The van der Waals surface area contributed by atoms with Crippen molar-refractivity contribution in [3.05, 3.63) is 53.2 Å².